The molecule has 2 nitrogen and oxygen atoms in total. The molecule has 0 bridgehead atoms. The Morgan fingerprint density at radius 2 is 2.38 bits per heavy atom. The van der Waals surface area contributed by atoms with Crippen LogP contribution in [-0.4, -0.2) is 5.91 Å². The predicted molar refractivity (Wildman–Crippen MR) is 69.3 cm³/mol. The summed E-state index contributed by atoms with van der Waals surface area (Å²) in [6.45, 7) is 0. The lowest BCUT2D eigenvalue weighted by molar-refractivity contribution is -0.116. The molecule has 1 atom stereocenters. The van der Waals surface area contributed by atoms with Crippen LogP contribution in [-0.2, 0) is 4.79 Å². The van der Waals surface area contributed by atoms with Crippen molar-refractivity contribution >= 4 is 27.5 Å². The van der Waals surface area contributed by atoms with Crippen molar-refractivity contribution in [3.8, 4) is 0 Å². The normalized spacial score (nSPS) is 18.7. The van der Waals surface area contributed by atoms with Crippen LogP contribution in [0.1, 0.15) is 19.3 Å². The number of allylic oxidation sites excluding steroid dienone is 2. The van der Waals surface area contributed by atoms with Crippen molar-refractivity contribution in [1.29, 1.82) is 0 Å². The Kier molecular flexibility index (Phi) is 3.78. The number of halogens is 1. The van der Waals surface area contributed by atoms with Crippen LogP contribution >= 0.6 is 15.9 Å². The third-order valence-corrected chi connectivity index (χ3v) is 3.16. The van der Waals surface area contributed by atoms with Crippen molar-refractivity contribution in [3.05, 3.63) is 40.9 Å². The van der Waals surface area contributed by atoms with E-state index >= 15 is 0 Å². The minimum absolute atomic E-state index is 0.0923. The minimum atomic E-state index is 0.0923. The van der Waals surface area contributed by atoms with Gasteiger partial charge >= 0.3 is 0 Å². The molecule has 0 heterocycles. The molecule has 0 saturated carbocycles. The zero-order valence-corrected chi connectivity index (χ0v) is 10.5. The molecule has 84 valence electrons. The lowest BCUT2D eigenvalue weighted by Gasteiger charge is -2.08. The van der Waals surface area contributed by atoms with Gasteiger partial charge in [0.05, 0.1) is 0 Å². The highest BCUT2D eigenvalue weighted by Crippen LogP contribution is 2.21. The largest absolute Gasteiger partial charge is 0.326 e. The number of anilines is 1. The number of nitrogens with one attached hydrogen (secondary N) is 1. The highest BCUT2D eigenvalue weighted by atomic mass is 79.9. The lowest BCUT2D eigenvalue weighted by atomic mass is 10.1. The molecule has 0 fully saturated rings. The Morgan fingerprint density at radius 1 is 1.50 bits per heavy atom. The average Bonchev–Trinajstić information content (AvgIpc) is 2.70. The first kappa shape index (κ1) is 11.4. The van der Waals surface area contributed by atoms with E-state index in [2.05, 4.69) is 33.4 Å². The van der Waals surface area contributed by atoms with E-state index in [-0.39, 0.29) is 5.91 Å². The number of benzene rings is 1. The van der Waals surface area contributed by atoms with Gasteiger partial charge in [0.2, 0.25) is 5.91 Å². The van der Waals surface area contributed by atoms with Crippen molar-refractivity contribution in [2.75, 3.05) is 5.32 Å². The second-order valence-corrected chi connectivity index (χ2v) is 4.94. The molecule has 1 aliphatic rings. The third-order valence-electron chi connectivity index (χ3n) is 2.67. The summed E-state index contributed by atoms with van der Waals surface area (Å²) in [4.78, 5) is 11.7. The fourth-order valence-electron chi connectivity index (χ4n) is 1.88. The minimum Gasteiger partial charge on any atom is -0.326 e. The number of rotatable bonds is 3. The first-order valence-electron chi connectivity index (χ1n) is 5.46. The first-order valence-corrected chi connectivity index (χ1v) is 6.25. The van der Waals surface area contributed by atoms with Gasteiger partial charge in [-0.3, -0.25) is 4.79 Å². The summed E-state index contributed by atoms with van der Waals surface area (Å²) >= 11 is 3.38. The van der Waals surface area contributed by atoms with Crippen molar-refractivity contribution in [2.45, 2.75) is 19.3 Å². The SMILES string of the molecule is O=C(CC1C=CCC1)Nc1cccc(Br)c1. The lowest BCUT2D eigenvalue weighted by Crippen LogP contribution is -2.14. The molecule has 1 aromatic carbocycles. The van der Waals surface area contributed by atoms with Crippen molar-refractivity contribution in [2.24, 2.45) is 5.92 Å². The number of hydrogen-bond acceptors (Lipinski definition) is 1. The molecule has 1 aliphatic carbocycles. The number of hydrogen-bond donors (Lipinski definition) is 1. The van der Waals surface area contributed by atoms with Gasteiger partial charge in [0.1, 0.15) is 0 Å². The molecule has 1 N–H and O–H groups in total. The van der Waals surface area contributed by atoms with Crippen LogP contribution in [0.25, 0.3) is 0 Å². The Labute approximate surface area is 104 Å². The zero-order chi connectivity index (χ0) is 11.4. The maximum absolute atomic E-state index is 11.7. The van der Waals surface area contributed by atoms with Crippen molar-refractivity contribution < 1.29 is 4.79 Å². The summed E-state index contributed by atoms with van der Waals surface area (Å²) in [7, 11) is 0. The highest BCUT2D eigenvalue weighted by Gasteiger charge is 2.13. The van der Waals surface area contributed by atoms with E-state index in [1.54, 1.807) is 0 Å². The van der Waals surface area contributed by atoms with Crippen LogP contribution in [0.2, 0.25) is 0 Å². The van der Waals surface area contributed by atoms with Crippen LogP contribution in [0, 0.1) is 5.92 Å². The van der Waals surface area contributed by atoms with Crippen molar-refractivity contribution in [3.63, 3.8) is 0 Å². The molecular formula is C13H14BrNO. The van der Waals surface area contributed by atoms with Gasteiger partial charge in [0.15, 0.2) is 0 Å². The maximum atomic E-state index is 11.7. The van der Waals surface area contributed by atoms with Crippen LogP contribution in [0.4, 0.5) is 5.69 Å². The number of carbonyl (C=O) groups excluding carboxylic acids is 1. The topological polar surface area (TPSA) is 29.1 Å². The van der Waals surface area contributed by atoms with E-state index in [4.69, 9.17) is 0 Å². The second kappa shape index (κ2) is 5.30. The molecule has 2 rings (SSSR count). The van der Waals surface area contributed by atoms with Gasteiger partial charge in [0, 0.05) is 16.6 Å². The summed E-state index contributed by atoms with van der Waals surface area (Å²) in [5.41, 5.74) is 0.848. The molecule has 16 heavy (non-hydrogen) atoms. The van der Waals surface area contributed by atoms with Gasteiger partial charge in [-0.25, -0.2) is 0 Å². The van der Waals surface area contributed by atoms with Crippen LogP contribution in [0.15, 0.2) is 40.9 Å². The molecule has 1 unspecified atom stereocenters. The van der Waals surface area contributed by atoms with E-state index in [9.17, 15) is 4.79 Å². The van der Waals surface area contributed by atoms with E-state index in [1.807, 2.05) is 24.3 Å². The van der Waals surface area contributed by atoms with Gasteiger partial charge in [-0.2, -0.15) is 0 Å². The van der Waals surface area contributed by atoms with Gasteiger partial charge in [0.25, 0.3) is 0 Å². The molecule has 3 heteroatoms. The van der Waals surface area contributed by atoms with Gasteiger partial charge < -0.3 is 5.32 Å². The molecular weight excluding hydrogens is 266 g/mol. The summed E-state index contributed by atoms with van der Waals surface area (Å²) in [5, 5.41) is 2.91. The van der Waals surface area contributed by atoms with Crippen LogP contribution < -0.4 is 5.32 Å². The van der Waals surface area contributed by atoms with Crippen molar-refractivity contribution in [1.82, 2.24) is 0 Å². The molecule has 0 saturated heterocycles. The number of carbonyl (C=O) groups is 1. The Balaban J connectivity index is 1.89. The first-order chi connectivity index (χ1) is 7.74. The monoisotopic (exact) mass is 279 g/mol. The quantitative estimate of drug-likeness (QED) is 0.839. The molecule has 1 aromatic rings. The Morgan fingerprint density at radius 3 is 3.06 bits per heavy atom. The molecule has 0 aliphatic heterocycles. The molecule has 0 spiro atoms. The predicted octanol–water partition coefficient (Wildman–Crippen LogP) is 3.74. The Bertz CT molecular complexity index is 414. The fraction of sp³-hybridized carbons (Fsp3) is 0.308. The maximum Gasteiger partial charge on any atom is 0.224 e. The average molecular weight is 280 g/mol. The van der Waals surface area contributed by atoms with Crippen LogP contribution in [0.3, 0.4) is 0 Å². The summed E-state index contributed by atoms with van der Waals surface area (Å²) in [6.07, 6.45) is 7.08. The molecule has 0 aromatic heterocycles. The summed E-state index contributed by atoms with van der Waals surface area (Å²) in [6, 6.07) is 7.65. The van der Waals surface area contributed by atoms with E-state index in [1.165, 1.54) is 0 Å². The highest BCUT2D eigenvalue weighted by molar-refractivity contribution is 9.10. The molecule has 0 radical (unpaired) electrons. The third kappa shape index (κ3) is 3.20. The van der Waals surface area contributed by atoms with Gasteiger partial charge in [-0.15, -0.1) is 0 Å². The summed E-state index contributed by atoms with van der Waals surface area (Å²) in [5.74, 6) is 0.516. The van der Waals surface area contributed by atoms with E-state index in [0.29, 0.717) is 12.3 Å². The fourth-order valence-corrected chi connectivity index (χ4v) is 2.28. The number of amides is 1. The van der Waals surface area contributed by atoms with Crippen LogP contribution in [0.5, 0.6) is 0 Å². The van der Waals surface area contributed by atoms with E-state index < -0.39 is 0 Å². The molecule has 1 amide bonds. The standard InChI is InChI=1S/C13H14BrNO/c14-11-6-3-7-12(9-11)15-13(16)8-10-4-1-2-5-10/h1,3-4,6-7,9-10H,2,5,8H2,(H,15,16). The van der Waals surface area contributed by atoms with Gasteiger partial charge in [-0.05, 0) is 37.0 Å². The van der Waals surface area contributed by atoms with Gasteiger partial charge in [-0.1, -0.05) is 34.1 Å². The summed E-state index contributed by atoms with van der Waals surface area (Å²) < 4.78 is 0.978. The van der Waals surface area contributed by atoms with E-state index in [0.717, 1.165) is 23.0 Å². The second-order valence-electron chi connectivity index (χ2n) is 4.03. The zero-order valence-electron chi connectivity index (χ0n) is 8.95. The Hall–Kier alpha value is -1.09. The smallest absolute Gasteiger partial charge is 0.224 e.